The average molecular weight is 290 g/mol. The standard InChI is InChI=1S/C13H14N4O2S/c1-8-10(7-14)13(16-9(2)15-8)20-6-5-17-11(18)3-4-12(17)19/h3-6H2,1-2H3. The fraction of sp³-hybridized carbons (Fsp3) is 0.462. The number of rotatable bonds is 4. The Morgan fingerprint density at radius 1 is 1.25 bits per heavy atom. The van der Waals surface area contributed by atoms with Crippen molar-refractivity contribution >= 4 is 23.6 Å². The fourth-order valence-corrected chi connectivity index (χ4v) is 3.02. The topological polar surface area (TPSA) is 87.0 Å². The predicted molar refractivity (Wildman–Crippen MR) is 72.9 cm³/mol. The van der Waals surface area contributed by atoms with Crippen molar-refractivity contribution in [3.05, 3.63) is 17.1 Å². The number of aromatic nitrogens is 2. The Kier molecular flexibility index (Phi) is 4.35. The molecule has 2 amide bonds. The molecule has 0 spiro atoms. The van der Waals surface area contributed by atoms with Gasteiger partial charge in [0.2, 0.25) is 11.8 Å². The van der Waals surface area contributed by atoms with E-state index in [9.17, 15) is 9.59 Å². The zero-order valence-electron chi connectivity index (χ0n) is 11.3. The number of nitriles is 1. The first-order valence-corrected chi connectivity index (χ1v) is 7.23. The smallest absolute Gasteiger partial charge is 0.229 e. The maximum Gasteiger partial charge on any atom is 0.229 e. The minimum atomic E-state index is -0.119. The number of thioether (sulfide) groups is 1. The second kappa shape index (κ2) is 6.01. The van der Waals surface area contributed by atoms with Gasteiger partial charge in [-0.3, -0.25) is 14.5 Å². The van der Waals surface area contributed by atoms with E-state index in [1.807, 2.05) is 0 Å². The number of hydrogen-bond acceptors (Lipinski definition) is 6. The van der Waals surface area contributed by atoms with Gasteiger partial charge in [0, 0.05) is 25.1 Å². The minimum Gasteiger partial charge on any atom is -0.282 e. The molecule has 1 saturated heterocycles. The number of hydrogen-bond donors (Lipinski definition) is 0. The Balaban J connectivity index is 2.03. The van der Waals surface area contributed by atoms with Crippen LogP contribution in [0.1, 0.15) is 29.9 Å². The summed E-state index contributed by atoms with van der Waals surface area (Å²) in [5.74, 6) is 0.900. The van der Waals surface area contributed by atoms with Crippen molar-refractivity contribution in [3.63, 3.8) is 0 Å². The lowest BCUT2D eigenvalue weighted by Gasteiger charge is -2.13. The van der Waals surface area contributed by atoms with Gasteiger partial charge >= 0.3 is 0 Å². The zero-order valence-corrected chi connectivity index (χ0v) is 12.2. The minimum absolute atomic E-state index is 0.119. The first kappa shape index (κ1) is 14.5. The van der Waals surface area contributed by atoms with Crippen molar-refractivity contribution in [2.24, 2.45) is 0 Å². The second-order valence-electron chi connectivity index (χ2n) is 4.44. The Hall–Kier alpha value is -1.94. The van der Waals surface area contributed by atoms with Gasteiger partial charge in [0.25, 0.3) is 0 Å². The molecule has 104 valence electrons. The molecule has 2 heterocycles. The third-order valence-electron chi connectivity index (χ3n) is 2.99. The van der Waals surface area contributed by atoms with Crippen LogP contribution in [0.25, 0.3) is 0 Å². The summed E-state index contributed by atoms with van der Waals surface area (Å²) in [5, 5.41) is 9.73. The van der Waals surface area contributed by atoms with E-state index < -0.39 is 0 Å². The molecule has 20 heavy (non-hydrogen) atoms. The SMILES string of the molecule is Cc1nc(C)c(C#N)c(SCCN2C(=O)CCC2=O)n1. The molecule has 0 aromatic carbocycles. The van der Waals surface area contributed by atoms with Crippen LogP contribution in [0.4, 0.5) is 0 Å². The highest BCUT2D eigenvalue weighted by Crippen LogP contribution is 2.23. The van der Waals surface area contributed by atoms with Crippen LogP contribution in [0.5, 0.6) is 0 Å². The largest absolute Gasteiger partial charge is 0.282 e. The molecular weight excluding hydrogens is 276 g/mol. The lowest BCUT2D eigenvalue weighted by Crippen LogP contribution is -2.31. The molecule has 1 aromatic heterocycles. The van der Waals surface area contributed by atoms with Crippen LogP contribution in [0.2, 0.25) is 0 Å². The lowest BCUT2D eigenvalue weighted by molar-refractivity contribution is -0.137. The van der Waals surface area contributed by atoms with E-state index in [1.54, 1.807) is 13.8 Å². The highest BCUT2D eigenvalue weighted by atomic mass is 32.2. The van der Waals surface area contributed by atoms with Gasteiger partial charge in [0.05, 0.1) is 5.69 Å². The van der Waals surface area contributed by atoms with Crippen LogP contribution in [-0.2, 0) is 9.59 Å². The number of imide groups is 1. The summed E-state index contributed by atoms with van der Waals surface area (Å²) >= 11 is 1.37. The monoisotopic (exact) mass is 290 g/mol. The van der Waals surface area contributed by atoms with E-state index in [2.05, 4.69) is 16.0 Å². The average Bonchev–Trinajstić information content (AvgIpc) is 2.70. The molecule has 7 heteroatoms. The summed E-state index contributed by atoms with van der Waals surface area (Å²) in [6.07, 6.45) is 0.608. The highest BCUT2D eigenvalue weighted by molar-refractivity contribution is 7.99. The van der Waals surface area contributed by atoms with E-state index in [-0.39, 0.29) is 11.8 Å². The number of amides is 2. The van der Waals surface area contributed by atoms with Gasteiger partial charge in [-0.15, -0.1) is 11.8 Å². The number of carbonyl (C=O) groups is 2. The van der Waals surface area contributed by atoms with Crippen molar-refractivity contribution in [1.82, 2.24) is 14.9 Å². The van der Waals surface area contributed by atoms with E-state index in [1.165, 1.54) is 16.7 Å². The maximum absolute atomic E-state index is 11.5. The predicted octanol–water partition coefficient (Wildman–Crippen LogP) is 1.21. The van der Waals surface area contributed by atoms with Gasteiger partial charge in [0.15, 0.2) is 0 Å². The molecular formula is C13H14N4O2S. The first-order chi connectivity index (χ1) is 9.52. The Morgan fingerprint density at radius 3 is 2.50 bits per heavy atom. The molecule has 1 aliphatic heterocycles. The van der Waals surface area contributed by atoms with Crippen LogP contribution in [0.15, 0.2) is 5.03 Å². The highest BCUT2D eigenvalue weighted by Gasteiger charge is 2.28. The number of nitrogens with zero attached hydrogens (tertiary/aromatic N) is 4. The summed E-state index contributed by atoms with van der Waals surface area (Å²) in [7, 11) is 0. The Morgan fingerprint density at radius 2 is 1.90 bits per heavy atom. The summed E-state index contributed by atoms with van der Waals surface area (Å²) in [5.41, 5.74) is 1.11. The van der Waals surface area contributed by atoms with Crippen LogP contribution < -0.4 is 0 Å². The molecule has 1 aromatic rings. The van der Waals surface area contributed by atoms with Crippen molar-refractivity contribution in [1.29, 1.82) is 5.26 Å². The lowest BCUT2D eigenvalue weighted by atomic mass is 10.3. The van der Waals surface area contributed by atoms with Crippen molar-refractivity contribution in [3.8, 4) is 6.07 Å². The van der Waals surface area contributed by atoms with E-state index >= 15 is 0 Å². The normalized spacial score (nSPS) is 14.8. The Bertz CT molecular complexity index is 593. The van der Waals surface area contributed by atoms with Crippen molar-refractivity contribution in [2.45, 2.75) is 31.7 Å². The summed E-state index contributed by atoms with van der Waals surface area (Å²) in [4.78, 5) is 32.6. The third kappa shape index (κ3) is 2.96. The van der Waals surface area contributed by atoms with Crippen LogP contribution >= 0.6 is 11.8 Å². The molecule has 0 aliphatic carbocycles. The van der Waals surface area contributed by atoms with Gasteiger partial charge in [-0.25, -0.2) is 9.97 Å². The molecule has 6 nitrogen and oxygen atoms in total. The summed E-state index contributed by atoms with van der Waals surface area (Å²) in [6, 6.07) is 2.09. The van der Waals surface area contributed by atoms with E-state index in [0.29, 0.717) is 47.2 Å². The summed E-state index contributed by atoms with van der Waals surface area (Å²) < 4.78 is 0. The van der Waals surface area contributed by atoms with Gasteiger partial charge in [0.1, 0.15) is 22.5 Å². The molecule has 0 radical (unpaired) electrons. The van der Waals surface area contributed by atoms with Gasteiger partial charge in [-0.2, -0.15) is 5.26 Å². The maximum atomic E-state index is 11.5. The molecule has 0 unspecified atom stereocenters. The van der Waals surface area contributed by atoms with Crippen LogP contribution in [-0.4, -0.2) is 39.0 Å². The molecule has 0 atom stereocenters. The van der Waals surface area contributed by atoms with E-state index in [4.69, 9.17) is 5.26 Å². The van der Waals surface area contributed by atoms with Gasteiger partial charge < -0.3 is 0 Å². The second-order valence-corrected chi connectivity index (χ2v) is 5.52. The van der Waals surface area contributed by atoms with Gasteiger partial charge in [-0.1, -0.05) is 0 Å². The molecule has 2 rings (SSSR count). The summed E-state index contributed by atoms with van der Waals surface area (Å²) in [6.45, 7) is 3.89. The molecule has 0 N–H and O–H groups in total. The van der Waals surface area contributed by atoms with Crippen molar-refractivity contribution in [2.75, 3.05) is 12.3 Å². The van der Waals surface area contributed by atoms with Gasteiger partial charge in [-0.05, 0) is 13.8 Å². The molecule has 0 bridgehead atoms. The molecule has 0 saturated carbocycles. The van der Waals surface area contributed by atoms with E-state index in [0.717, 1.165) is 0 Å². The quantitative estimate of drug-likeness (QED) is 0.470. The fourth-order valence-electron chi connectivity index (χ4n) is 2.02. The Labute approximate surface area is 121 Å². The molecule has 1 fully saturated rings. The number of likely N-dealkylation sites (tertiary alicyclic amines) is 1. The first-order valence-electron chi connectivity index (χ1n) is 6.24. The zero-order chi connectivity index (χ0) is 14.7. The van der Waals surface area contributed by atoms with Crippen molar-refractivity contribution < 1.29 is 9.59 Å². The third-order valence-corrected chi connectivity index (χ3v) is 3.94. The molecule has 1 aliphatic rings. The van der Waals surface area contributed by atoms with Crippen LogP contribution in [0.3, 0.4) is 0 Å². The number of aryl methyl sites for hydroxylation is 2. The van der Waals surface area contributed by atoms with Crippen LogP contribution in [0, 0.1) is 25.2 Å². The number of carbonyl (C=O) groups excluding carboxylic acids is 2.